The van der Waals surface area contributed by atoms with E-state index in [0.29, 0.717) is 30.4 Å². The van der Waals surface area contributed by atoms with Gasteiger partial charge in [0.2, 0.25) is 0 Å². The molecule has 0 aromatic carbocycles. The fraction of sp³-hybridized carbons (Fsp3) is 0.261. The summed E-state index contributed by atoms with van der Waals surface area (Å²) in [6, 6.07) is 12.4. The first-order valence-electron chi connectivity index (χ1n) is 9.76. The van der Waals surface area contributed by atoms with E-state index in [-0.39, 0.29) is 38.3 Å². The fourth-order valence-electron chi connectivity index (χ4n) is 2.23. The maximum absolute atomic E-state index is 12.3. The van der Waals surface area contributed by atoms with Gasteiger partial charge in [-0.15, -0.1) is 6.54 Å². The van der Waals surface area contributed by atoms with Crippen LogP contribution in [0.1, 0.15) is 33.4 Å². The van der Waals surface area contributed by atoms with Crippen LogP contribution in [0.5, 0.6) is 5.75 Å². The zero-order valence-corrected chi connectivity index (χ0v) is 21.1. The monoisotopic (exact) mass is 483 g/mol. The van der Waals surface area contributed by atoms with Gasteiger partial charge in [-0.05, 0) is 30.3 Å². The van der Waals surface area contributed by atoms with Crippen molar-refractivity contribution in [2.24, 2.45) is 0 Å². The summed E-state index contributed by atoms with van der Waals surface area (Å²) in [6.07, 6.45) is 4.99. The van der Waals surface area contributed by atoms with Crippen LogP contribution in [0.2, 0.25) is 0 Å². The van der Waals surface area contributed by atoms with E-state index in [1.807, 2.05) is 52.0 Å². The first-order valence-corrected chi connectivity index (χ1v) is 9.76. The largest absolute Gasteiger partial charge is 0.535 e. The number of nitrogens with zero attached hydrogens (tertiary/aromatic N) is 4. The molecule has 0 aliphatic carbocycles. The van der Waals surface area contributed by atoms with Gasteiger partial charge < -0.3 is 16.6 Å². The molecule has 0 unspecified atom stereocenters. The van der Waals surface area contributed by atoms with E-state index in [9.17, 15) is 4.79 Å². The van der Waals surface area contributed by atoms with Crippen molar-refractivity contribution < 1.29 is 37.4 Å². The Balaban J connectivity index is 0.00000159. The van der Waals surface area contributed by atoms with Gasteiger partial charge in [0, 0.05) is 51.2 Å². The van der Waals surface area contributed by atoms with Crippen LogP contribution in [0.25, 0.3) is 5.69 Å². The van der Waals surface area contributed by atoms with Crippen LogP contribution in [-0.4, -0.2) is 21.1 Å². The minimum absolute atomic E-state index is 0. The Morgan fingerprint density at radius 2 is 1.80 bits per heavy atom. The Kier molecular flexibility index (Phi) is 14.7. The van der Waals surface area contributed by atoms with Crippen LogP contribution in [-0.2, 0) is 39.3 Å². The van der Waals surface area contributed by atoms with Gasteiger partial charge in [0.05, 0.1) is 23.4 Å². The molecular formula is C23H30N4O2Y-2. The Hall–Kier alpha value is -2.05. The van der Waals surface area contributed by atoms with E-state index >= 15 is 0 Å². The van der Waals surface area contributed by atoms with E-state index < -0.39 is 0 Å². The Bertz CT molecular complexity index is 884. The van der Waals surface area contributed by atoms with Crippen molar-refractivity contribution in [2.75, 3.05) is 11.4 Å². The number of pyridine rings is 3. The van der Waals surface area contributed by atoms with Gasteiger partial charge in [0.15, 0.2) is 0 Å². The molecule has 0 saturated heterocycles. The van der Waals surface area contributed by atoms with E-state index in [1.165, 1.54) is 10.6 Å². The smallest absolute Gasteiger partial charge is 0.258 e. The molecule has 0 bridgehead atoms. The van der Waals surface area contributed by atoms with E-state index in [1.54, 1.807) is 35.6 Å². The van der Waals surface area contributed by atoms with Gasteiger partial charge in [0.25, 0.3) is 5.56 Å². The molecule has 0 amide bonds. The molecule has 3 aromatic rings. The molecule has 0 spiro atoms. The number of hydrogen-bond acceptors (Lipinski definition) is 5. The molecule has 3 rings (SSSR count). The van der Waals surface area contributed by atoms with Crippen LogP contribution < -0.4 is 15.2 Å². The van der Waals surface area contributed by atoms with Crippen LogP contribution in [0, 0.1) is 14.0 Å². The topological polar surface area (TPSA) is 60.2 Å². The van der Waals surface area contributed by atoms with E-state index in [2.05, 4.69) is 23.9 Å². The first-order chi connectivity index (χ1) is 14.2. The van der Waals surface area contributed by atoms with Gasteiger partial charge in [-0.1, -0.05) is 33.8 Å². The minimum Gasteiger partial charge on any atom is -0.535 e. The predicted molar refractivity (Wildman–Crippen MR) is 119 cm³/mol. The third-order valence-corrected chi connectivity index (χ3v) is 3.61. The summed E-state index contributed by atoms with van der Waals surface area (Å²) < 4.78 is 7.12. The molecule has 3 aromatic heterocycles. The molecule has 6 nitrogen and oxygen atoms in total. The Labute approximate surface area is 205 Å². The first kappa shape index (κ1) is 28.0. The summed E-state index contributed by atoms with van der Waals surface area (Å²) in [5, 5.41) is 0. The molecule has 30 heavy (non-hydrogen) atoms. The summed E-state index contributed by atoms with van der Waals surface area (Å²) in [7, 11) is 3.82. The van der Waals surface area contributed by atoms with E-state index in [4.69, 9.17) is 4.74 Å². The van der Waals surface area contributed by atoms with Crippen molar-refractivity contribution in [2.45, 2.75) is 34.3 Å². The van der Waals surface area contributed by atoms with Crippen molar-refractivity contribution in [3.63, 3.8) is 0 Å². The molecule has 0 saturated carbocycles. The average Bonchev–Trinajstić information content (AvgIpc) is 2.81. The summed E-state index contributed by atoms with van der Waals surface area (Å²) in [6.45, 7) is 12.6. The second kappa shape index (κ2) is 15.7. The second-order valence-corrected chi connectivity index (χ2v) is 5.32. The molecule has 1 radical (unpaired) electrons. The normalized spacial score (nSPS) is 9.13. The second-order valence-electron chi connectivity index (χ2n) is 5.32. The summed E-state index contributed by atoms with van der Waals surface area (Å²) in [5.41, 5.74) is 1.27. The van der Waals surface area contributed by atoms with E-state index in [0.717, 1.165) is 5.69 Å². The SMILES string of the molecule is CC.CC.[CH2-]CN([CH2-])c1ccc(-n2ccc(OCc3ccccn3)cc2=O)cn1.[Y]. The molecular weight excluding hydrogens is 453 g/mol. The van der Waals surface area contributed by atoms with Gasteiger partial charge >= 0.3 is 0 Å². The third kappa shape index (κ3) is 8.37. The molecule has 7 heteroatoms. The van der Waals surface area contributed by atoms with Crippen molar-refractivity contribution in [3.8, 4) is 11.4 Å². The molecule has 0 aliphatic heterocycles. The van der Waals surface area contributed by atoms with Crippen molar-refractivity contribution >= 4 is 5.82 Å². The van der Waals surface area contributed by atoms with Crippen LogP contribution >= 0.6 is 0 Å². The number of aromatic nitrogens is 3. The molecule has 0 N–H and O–H groups in total. The number of ether oxygens (including phenoxy) is 1. The number of rotatable bonds is 6. The summed E-state index contributed by atoms with van der Waals surface area (Å²) in [5.74, 6) is 1.19. The van der Waals surface area contributed by atoms with Crippen molar-refractivity contribution in [1.29, 1.82) is 0 Å². The van der Waals surface area contributed by atoms with Gasteiger partial charge in [-0.25, -0.2) is 4.98 Å². The molecule has 0 atom stereocenters. The van der Waals surface area contributed by atoms with Gasteiger partial charge in [0.1, 0.15) is 12.4 Å². The quantitative estimate of drug-likeness (QED) is 0.477. The van der Waals surface area contributed by atoms with Crippen LogP contribution in [0.3, 0.4) is 0 Å². The average molecular weight is 483 g/mol. The third-order valence-electron chi connectivity index (χ3n) is 3.61. The summed E-state index contributed by atoms with van der Waals surface area (Å²) in [4.78, 5) is 22.5. The molecule has 3 heterocycles. The van der Waals surface area contributed by atoms with Crippen molar-refractivity contribution in [3.05, 3.63) is 91.1 Å². The molecule has 0 aliphatic rings. The van der Waals surface area contributed by atoms with Gasteiger partial charge in [-0.3, -0.25) is 21.4 Å². The van der Waals surface area contributed by atoms with Crippen LogP contribution in [0.4, 0.5) is 5.82 Å². The minimum atomic E-state index is -0.197. The summed E-state index contributed by atoms with van der Waals surface area (Å²) >= 11 is 0. The maximum Gasteiger partial charge on any atom is 0.258 e. The zero-order valence-electron chi connectivity index (χ0n) is 18.3. The Morgan fingerprint density at radius 3 is 2.33 bits per heavy atom. The van der Waals surface area contributed by atoms with Crippen molar-refractivity contribution in [1.82, 2.24) is 14.5 Å². The fourth-order valence-corrected chi connectivity index (χ4v) is 2.23. The number of hydrogen-bond donors (Lipinski definition) is 0. The maximum atomic E-state index is 12.3. The predicted octanol–water partition coefficient (Wildman–Crippen LogP) is 4.69. The Morgan fingerprint density at radius 1 is 1.07 bits per heavy atom. The number of anilines is 1. The zero-order chi connectivity index (χ0) is 21.6. The van der Waals surface area contributed by atoms with Crippen LogP contribution in [0.15, 0.2) is 65.8 Å². The standard InChI is InChI=1S/C19H18N4O2.2C2H6.Y/c1-3-22(2)18-8-7-16(13-21-18)23-11-9-17(12-19(23)24)25-14-15-6-4-5-10-20-15;2*1-2;/h4-13H,1-3,14H2;2*1-2H3;/q-2;;;. The van der Waals surface area contributed by atoms with Gasteiger partial charge in [-0.2, -0.15) is 0 Å². The molecule has 159 valence electrons. The molecule has 0 fully saturated rings.